The summed E-state index contributed by atoms with van der Waals surface area (Å²) >= 11 is 3.22. The lowest BCUT2D eigenvalue weighted by molar-refractivity contribution is 0.102. The first-order valence-electron chi connectivity index (χ1n) is 10.2. The number of carbonyl (C=O) groups is 1. The average Bonchev–Trinajstić information content (AvgIpc) is 3.34. The van der Waals surface area contributed by atoms with Crippen LogP contribution in [-0.2, 0) is 0 Å². The Kier molecular flexibility index (Phi) is 5.47. The predicted octanol–water partition coefficient (Wildman–Crippen LogP) is 7.69. The molecule has 5 rings (SSSR count). The number of para-hydroxylation sites is 2. The Hall–Kier alpha value is -3.48. The summed E-state index contributed by atoms with van der Waals surface area (Å²) in [4.78, 5) is 19.1. The number of benzene rings is 3. The third-order valence-corrected chi connectivity index (χ3v) is 7.37. The largest absolute Gasteiger partial charge is 0.457 e. The van der Waals surface area contributed by atoms with Gasteiger partial charge in [0.1, 0.15) is 21.5 Å². The highest BCUT2D eigenvalue weighted by atomic mass is 32.1. The number of nitrogens with zero attached hydrogens (tertiary/aromatic N) is 1. The Labute approximate surface area is 194 Å². The van der Waals surface area contributed by atoms with E-state index in [1.54, 1.807) is 34.8 Å². The maximum atomic E-state index is 13.1. The van der Waals surface area contributed by atoms with Gasteiger partial charge in [-0.2, -0.15) is 0 Å². The van der Waals surface area contributed by atoms with Crippen LogP contribution in [0.15, 0.2) is 78.9 Å². The minimum Gasteiger partial charge on any atom is -0.457 e. The highest BCUT2D eigenvalue weighted by Crippen LogP contribution is 2.43. The Bertz CT molecular complexity index is 1390. The van der Waals surface area contributed by atoms with Crippen molar-refractivity contribution in [3.8, 4) is 22.1 Å². The molecule has 5 aromatic rings. The van der Waals surface area contributed by atoms with E-state index in [-0.39, 0.29) is 5.91 Å². The molecule has 158 valence electrons. The van der Waals surface area contributed by atoms with Crippen molar-refractivity contribution < 1.29 is 9.53 Å². The number of fused-ring (bicyclic) bond motifs is 1. The molecular weight excluding hydrogens is 436 g/mol. The molecule has 0 saturated carbocycles. The second kappa shape index (κ2) is 8.57. The summed E-state index contributed by atoms with van der Waals surface area (Å²) in [5.74, 6) is 1.17. The van der Waals surface area contributed by atoms with E-state index in [1.165, 1.54) is 0 Å². The van der Waals surface area contributed by atoms with Crippen molar-refractivity contribution in [2.24, 2.45) is 0 Å². The van der Waals surface area contributed by atoms with Crippen molar-refractivity contribution in [3.63, 3.8) is 0 Å². The van der Waals surface area contributed by atoms with Gasteiger partial charge in [0.2, 0.25) is 0 Å². The monoisotopic (exact) mass is 456 g/mol. The number of carbonyl (C=O) groups excluding carboxylic acids is 1. The van der Waals surface area contributed by atoms with Crippen LogP contribution in [0.4, 0.5) is 5.00 Å². The van der Waals surface area contributed by atoms with E-state index in [0.29, 0.717) is 11.3 Å². The fourth-order valence-electron chi connectivity index (χ4n) is 3.45. The molecule has 0 spiro atoms. The van der Waals surface area contributed by atoms with Gasteiger partial charge in [-0.15, -0.1) is 22.7 Å². The Balaban J connectivity index is 1.44. The van der Waals surface area contributed by atoms with Crippen LogP contribution < -0.4 is 10.1 Å². The average molecular weight is 457 g/mol. The number of thiazole rings is 1. The molecule has 0 unspecified atom stereocenters. The van der Waals surface area contributed by atoms with Gasteiger partial charge >= 0.3 is 0 Å². The maximum absolute atomic E-state index is 13.1. The highest BCUT2D eigenvalue weighted by molar-refractivity contribution is 7.22. The van der Waals surface area contributed by atoms with E-state index in [4.69, 9.17) is 9.72 Å². The number of ether oxygens (including phenoxy) is 1. The highest BCUT2D eigenvalue weighted by Gasteiger charge is 2.20. The first kappa shape index (κ1) is 20.4. The van der Waals surface area contributed by atoms with Gasteiger partial charge in [0.05, 0.1) is 10.2 Å². The molecule has 0 fully saturated rings. The second-order valence-corrected chi connectivity index (χ2v) is 9.63. The lowest BCUT2D eigenvalue weighted by Crippen LogP contribution is -2.11. The van der Waals surface area contributed by atoms with Gasteiger partial charge < -0.3 is 10.1 Å². The van der Waals surface area contributed by atoms with E-state index in [0.717, 1.165) is 42.0 Å². The number of thiophene rings is 1. The maximum Gasteiger partial charge on any atom is 0.256 e. The Morgan fingerprint density at radius 2 is 1.62 bits per heavy atom. The van der Waals surface area contributed by atoms with E-state index in [1.807, 2.05) is 60.7 Å². The van der Waals surface area contributed by atoms with Gasteiger partial charge in [-0.3, -0.25) is 4.79 Å². The zero-order chi connectivity index (χ0) is 22.1. The molecule has 2 heterocycles. The summed E-state index contributed by atoms with van der Waals surface area (Å²) in [6, 6.07) is 24.8. The molecule has 3 aromatic carbocycles. The standard InChI is InChI=1S/C26H20N2O2S2/c1-16-17(2)31-26(23(16)25-27-21-13-6-7-14-22(21)32-25)28-24(29)18-9-8-12-20(15-18)30-19-10-4-3-5-11-19/h3-15H,1-2H3,(H,28,29). The molecule has 0 radical (unpaired) electrons. The number of hydrogen-bond acceptors (Lipinski definition) is 5. The third-order valence-electron chi connectivity index (χ3n) is 5.20. The fourth-order valence-corrected chi connectivity index (χ4v) is 5.65. The molecule has 0 aliphatic carbocycles. The molecule has 32 heavy (non-hydrogen) atoms. The molecule has 2 aromatic heterocycles. The molecule has 0 aliphatic heterocycles. The van der Waals surface area contributed by atoms with Gasteiger partial charge in [-0.25, -0.2) is 4.98 Å². The van der Waals surface area contributed by atoms with E-state index in [9.17, 15) is 4.79 Å². The van der Waals surface area contributed by atoms with Crippen LogP contribution in [0.25, 0.3) is 20.8 Å². The molecule has 0 atom stereocenters. The minimum atomic E-state index is -0.174. The van der Waals surface area contributed by atoms with Crippen LogP contribution in [0.2, 0.25) is 0 Å². The molecule has 4 nitrogen and oxygen atoms in total. The molecule has 0 bridgehead atoms. The quantitative estimate of drug-likeness (QED) is 0.295. The summed E-state index contributed by atoms with van der Waals surface area (Å²) in [5.41, 5.74) is 3.65. The van der Waals surface area contributed by atoms with E-state index < -0.39 is 0 Å². The summed E-state index contributed by atoms with van der Waals surface area (Å²) < 4.78 is 7.02. The minimum absolute atomic E-state index is 0.174. The smallest absolute Gasteiger partial charge is 0.256 e. The van der Waals surface area contributed by atoms with Crippen LogP contribution in [0.1, 0.15) is 20.8 Å². The number of aryl methyl sites for hydroxylation is 1. The summed E-state index contributed by atoms with van der Waals surface area (Å²) in [6.07, 6.45) is 0. The normalized spacial score (nSPS) is 10.9. The van der Waals surface area contributed by atoms with Crippen molar-refractivity contribution in [3.05, 3.63) is 94.9 Å². The number of rotatable bonds is 5. The van der Waals surface area contributed by atoms with Crippen LogP contribution in [0.3, 0.4) is 0 Å². The van der Waals surface area contributed by atoms with Crippen LogP contribution in [0.5, 0.6) is 11.5 Å². The number of nitrogens with one attached hydrogen (secondary N) is 1. The third kappa shape index (κ3) is 4.02. The van der Waals surface area contributed by atoms with Gasteiger partial charge in [-0.05, 0) is 61.9 Å². The van der Waals surface area contributed by atoms with Gasteiger partial charge in [-0.1, -0.05) is 36.4 Å². The molecule has 1 N–H and O–H groups in total. The molecule has 6 heteroatoms. The van der Waals surface area contributed by atoms with Gasteiger partial charge in [0.25, 0.3) is 5.91 Å². The number of aromatic nitrogens is 1. The zero-order valence-electron chi connectivity index (χ0n) is 17.6. The number of anilines is 1. The van der Waals surface area contributed by atoms with Crippen molar-refractivity contribution in [1.29, 1.82) is 0 Å². The Morgan fingerprint density at radius 3 is 2.44 bits per heavy atom. The second-order valence-electron chi connectivity index (χ2n) is 7.37. The van der Waals surface area contributed by atoms with E-state index in [2.05, 4.69) is 25.2 Å². The van der Waals surface area contributed by atoms with Crippen LogP contribution >= 0.6 is 22.7 Å². The first-order valence-corrected chi connectivity index (χ1v) is 11.8. The molecule has 0 aliphatic rings. The van der Waals surface area contributed by atoms with Crippen LogP contribution in [-0.4, -0.2) is 10.9 Å². The zero-order valence-corrected chi connectivity index (χ0v) is 19.2. The van der Waals surface area contributed by atoms with Crippen molar-refractivity contribution in [2.45, 2.75) is 13.8 Å². The molecular formula is C26H20N2O2S2. The Morgan fingerprint density at radius 1 is 0.875 bits per heavy atom. The summed E-state index contributed by atoms with van der Waals surface area (Å²) in [5, 5.41) is 4.85. The lowest BCUT2D eigenvalue weighted by Gasteiger charge is -2.09. The van der Waals surface area contributed by atoms with Crippen molar-refractivity contribution in [2.75, 3.05) is 5.32 Å². The molecule has 1 amide bonds. The van der Waals surface area contributed by atoms with Gasteiger partial charge in [0, 0.05) is 16.0 Å². The lowest BCUT2D eigenvalue weighted by atomic mass is 10.1. The summed E-state index contributed by atoms with van der Waals surface area (Å²) in [7, 11) is 0. The van der Waals surface area contributed by atoms with Crippen LogP contribution in [0, 0.1) is 13.8 Å². The van der Waals surface area contributed by atoms with Crippen molar-refractivity contribution in [1.82, 2.24) is 4.98 Å². The number of amides is 1. The fraction of sp³-hybridized carbons (Fsp3) is 0.0769. The SMILES string of the molecule is Cc1sc(NC(=O)c2cccc(Oc3ccccc3)c2)c(-c2nc3ccccc3s2)c1C. The molecule has 0 saturated heterocycles. The van der Waals surface area contributed by atoms with Gasteiger partial charge in [0.15, 0.2) is 0 Å². The van der Waals surface area contributed by atoms with E-state index >= 15 is 0 Å². The number of hydrogen-bond donors (Lipinski definition) is 1. The van der Waals surface area contributed by atoms with Crippen molar-refractivity contribution >= 4 is 43.8 Å². The predicted molar refractivity (Wildman–Crippen MR) is 133 cm³/mol. The summed E-state index contributed by atoms with van der Waals surface area (Å²) in [6.45, 7) is 4.15. The topological polar surface area (TPSA) is 51.2 Å². The first-order chi connectivity index (χ1) is 15.6.